The minimum Gasteiger partial charge on any atom is -0.491 e. The van der Waals surface area contributed by atoms with Crippen LogP contribution in [-0.4, -0.2) is 23.7 Å². The number of nitrogens with zero attached hydrogens (tertiary/aromatic N) is 1. The Hall–Kier alpha value is -2.12. The number of hydrogen-bond donors (Lipinski definition) is 1. The molecule has 1 atom stereocenters. The molecule has 3 nitrogen and oxygen atoms in total. The van der Waals surface area contributed by atoms with Crippen LogP contribution in [0, 0.1) is 23.3 Å². The van der Waals surface area contributed by atoms with Gasteiger partial charge in [-0.25, -0.2) is 8.78 Å². The van der Waals surface area contributed by atoms with Gasteiger partial charge in [0.1, 0.15) is 0 Å². The van der Waals surface area contributed by atoms with Crippen molar-refractivity contribution in [3.05, 3.63) is 64.2 Å². The standard InChI is InChI=1S/C17H15F4NO2/c1-24-17-15(20)13(18)11(14(19)16(17)21)7-22-6-9-4-2-3-5-10(9)12(23)8-22/h2-5,12,23H,6-8H2,1H3/t12-/m0/s1. The number of benzene rings is 2. The van der Waals surface area contributed by atoms with Crippen molar-refractivity contribution in [3.8, 4) is 5.75 Å². The van der Waals surface area contributed by atoms with Crippen LogP contribution >= 0.6 is 0 Å². The number of rotatable bonds is 3. The molecule has 0 saturated carbocycles. The lowest BCUT2D eigenvalue weighted by molar-refractivity contribution is 0.0863. The molecule has 0 spiro atoms. The number of ether oxygens (including phenoxy) is 1. The van der Waals surface area contributed by atoms with Gasteiger partial charge in [0.05, 0.1) is 13.2 Å². The maximum Gasteiger partial charge on any atom is 0.204 e. The summed E-state index contributed by atoms with van der Waals surface area (Å²) in [7, 11) is 0.929. The van der Waals surface area contributed by atoms with Gasteiger partial charge >= 0.3 is 0 Å². The fourth-order valence-electron chi connectivity index (χ4n) is 2.97. The zero-order valence-corrected chi connectivity index (χ0v) is 12.8. The predicted molar refractivity (Wildman–Crippen MR) is 78.3 cm³/mol. The van der Waals surface area contributed by atoms with Crippen LogP contribution in [0.3, 0.4) is 0 Å². The summed E-state index contributed by atoms with van der Waals surface area (Å²) in [6, 6.07) is 7.12. The van der Waals surface area contributed by atoms with E-state index in [1.165, 1.54) is 4.90 Å². The number of β-amino-alcohol motifs (C(OH)–C–C–N with tert-alkyl or cyclic N) is 1. The Morgan fingerprint density at radius 3 is 2.33 bits per heavy atom. The van der Waals surface area contributed by atoms with Gasteiger partial charge in [-0.3, -0.25) is 4.90 Å². The van der Waals surface area contributed by atoms with Crippen LogP contribution in [0.4, 0.5) is 17.6 Å². The number of aliphatic hydroxyl groups excluding tert-OH is 1. The van der Waals surface area contributed by atoms with E-state index in [1.807, 2.05) is 0 Å². The lowest BCUT2D eigenvalue weighted by Gasteiger charge is -2.32. The van der Waals surface area contributed by atoms with Gasteiger partial charge in [-0.15, -0.1) is 0 Å². The van der Waals surface area contributed by atoms with Gasteiger partial charge in [-0.05, 0) is 11.1 Å². The van der Waals surface area contributed by atoms with E-state index in [-0.39, 0.29) is 13.1 Å². The highest BCUT2D eigenvalue weighted by Crippen LogP contribution is 2.32. The molecular weight excluding hydrogens is 326 g/mol. The van der Waals surface area contributed by atoms with Crippen molar-refractivity contribution in [3.63, 3.8) is 0 Å². The Kier molecular flexibility index (Phi) is 4.47. The molecular formula is C17H15F4NO2. The highest BCUT2D eigenvalue weighted by atomic mass is 19.2. The molecule has 0 aromatic heterocycles. The normalized spacial score (nSPS) is 17.7. The first-order valence-electron chi connectivity index (χ1n) is 7.31. The molecule has 0 aliphatic carbocycles. The molecule has 2 aromatic carbocycles. The van der Waals surface area contributed by atoms with Crippen LogP contribution in [0.2, 0.25) is 0 Å². The maximum absolute atomic E-state index is 14.1. The largest absolute Gasteiger partial charge is 0.491 e. The lowest BCUT2D eigenvalue weighted by Crippen LogP contribution is -2.34. The van der Waals surface area contributed by atoms with Crippen LogP contribution in [0.5, 0.6) is 5.75 Å². The molecule has 1 aliphatic rings. The van der Waals surface area contributed by atoms with E-state index < -0.39 is 40.7 Å². The van der Waals surface area contributed by atoms with Crippen LogP contribution < -0.4 is 4.74 Å². The molecule has 0 radical (unpaired) electrons. The van der Waals surface area contributed by atoms with Crippen molar-refractivity contribution in [2.45, 2.75) is 19.2 Å². The monoisotopic (exact) mass is 341 g/mol. The minimum absolute atomic E-state index is 0.102. The van der Waals surface area contributed by atoms with Crippen LogP contribution in [0.1, 0.15) is 22.8 Å². The Balaban J connectivity index is 1.93. The van der Waals surface area contributed by atoms with Crippen molar-refractivity contribution in [2.24, 2.45) is 0 Å². The second-order valence-electron chi connectivity index (χ2n) is 5.65. The summed E-state index contributed by atoms with van der Waals surface area (Å²) in [5.41, 5.74) is 0.811. The molecule has 0 fully saturated rings. The highest BCUT2D eigenvalue weighted by molar-refractivity contribution is 5.35. The van der Waals surface area contributed by atoms with E-state index in [0.29, 0.717) is 6.54 Å². The highest BCUT2D eigenvalue weighted by Gasteiger charge is 2.29. The van der Waals surface area contributed by atoms with E-state index in [2.05, 4.69) is 4.74 Å². The van der Waals surface area contributed by atoms with Gasteiger partial charge in [0.15, 0.2) is 17.4 Å². The molecule has 7 heteroatoms. The zero-order valence-electron chi connectivity index (χ0n) is 12.8. The first-order valence-corrected chi connectivity index (χ1v) is 7.31. The molecule has 3 rings (SSSR count). The molecule has 1 aliphatic heterocycles. The van der Waals surface area contributed by atoms with Crippen molar-refractivity contribution >= 4 is 0 Å². The molecule has 2 aromatic rings. The number of methoxy groups -OCH3 is 1. The van der Waals surface area contributed by atoms with Crippen LogP contribution in [0.25, 0.3) is 0 Å². The summed E-state index contributed by atoms with van der Waals surface area (Å²) >= 11 is 0. The average molecular weight is 341 g/mol. The molecule has 0 saturated heterocycles. The number of fused-ring (bicyclic) bond motifs is 1. The Bertz CT molecular complexity index is 752. The maximum atomic E-state index is 14.1. The summed E-state index contributed by atoms with van der Waals surface area (Å²) in [6.45, 7) is 0.0352. The van der Waals surface area contributed by atoms with Gasteiger partial charge in [-0.2, -0.15) is 8.78 Å². The Morgan fingerprint density at radius 2 is 1.71 bits per heavy atom. The predicted octanol–water partition coefficient (Wildman–Crippen LogP) is 3.30. The molecule has 0 amide bonds. The summed E-state index contributed by atoms with van der Waals surface area (Å²) < 4.78 is 60.1. The summed E-state index contributed by atoms with van der Waals surface area (Å²) in [5.74, 6) is -7.19. The number of halogens is 4. The summed E-state index contributed by atoms with van der Waals surface area (Å²) in [5, 5.41) is 10.1. The number of hydrogen-bond acceptors (Lipinski definition) is 3. The minimum atomic E-state index is -1.57. The van der Waals surface area contributed by atoms with E-state index >= 15 is 0 Å². The van der Waals surface area contributed by atoms with Gasteiger partial charge in [0.25, 0.3) is 0 Å². The third kappa shape index (κ3) is 2.74. The second-order valence-corrected chi connectivity index (χ2v) is 5.65. The Labute approximate surface area is 136 Å². The molecule has 0 unspecified atom stereocenters. The first-order chi connectivity index (χ1) is 11.4. The van der Waals surface area contributed by atoms with Crippen molar-refractivity contribution in [1.82, 2.24) is 4.90 Å². The van der Waals surface area contributed by atoms with Crippen molar-refractivity contribution < 1.29 is 27.4 Å². The van der Waals surface area contributed by atoms with Gasteiger partial charge in [0, 0.05) is 25.2 Å². The second kappa shape index (κ2) is 6.41. The third-order valence-corrected chi connectivity index (χ3v) is 4.14. The lowest BCUT2D eigenvalue weighted by atomic mass is 9.97. The van der Waals surface area contributed by atoms with Gasteiger partial charge in [0.2, 0.25) is 11.6 Å². The van der Waals surface area contributed by atoms with E-state index in [1.54, 1.807) is 24.3 Å². The summed E-state index contributed by atoms with van der Waals surface area (Å²) in [6.07, 6.45) is -0.839. The molecule has 1 heterocycles. The molecule has 24 heavy (non-hydrogen) atoms. The SMILES string of the molecule is COc1c(F)c(F)c(CN2Cc3ccccc3[C@@H](O)C2)c(F)c1F. The smallest absolute Gasteiger partial charge is 0.204 e. The Morgan fingerprint density at radius 1 is 1.08 bits per heavy atom. The van der Waals surface area contributed by atoms with Crippen molar-refractivity contribution in [1.29, 1.82) is 0 Å². The zero-order chi connectivity index (χ0) is 17.4. The van der Waals surface area contributed by atoms with E-state index in [9.17, 15) is 22.7 Å². The van der Waals surface area contributed by atoms with E-state index in [4.69, 9.17) is 0 Å². The quantitative estimate of drug-likeness (QED) is 0.687. The van der Waals surface area contributed by atoms with Crippen LogP contribution in [-0.2, 0) is 13.1 Å². The molecule has 1 N–H and O–H groups in total. The fourth-order valence-corrected chi connectivity index (χ4v) is 2.97. The fraction of sp³-hybridized carbons (Fsp3) is 0.294. The van der Waals surface area contributed by atoms with Crippen LogP contribution in [0.15, 0.2) is 24.3 Å². The van der Waals surface area contributed by atoms with Gasteiger partial charge in [-0.1, -0.05) is 24.3 Å². The summed E-state index contributed by atoms with van der Waals surface area (Å²) in [4.78, 5) is 1.53. The van der Waals surface area contributed by atoms with E-state index in [0.717, 1.165) is 18.2 Å². The number of aliphatic hydroxyl groups is 1. The molecule has 0 bridgehead atoms. The topological polar surface area (TPSA) is 32.7 Å². The van der Waals surface area contributed by atoms with Crippen molar-refractivity contribution in [2.75, 3.05) is 13.7 Å². The first kappa shape index (κ1) is 16.7. The average Bonchev–Trinajstić information content (AvgIpc) is 2.58. The van der Waals surface area contributed by atoms with Gasteiger partial charge < -0.3 is 9.84 Å². The third-order valence-electron chi connectivity index (χ3n) is 4.14. The molecule has 128 valence electrons.